The highest BCUT2D eigenvalue weighted by Gasteiger charge is 2.18. The molecular formula is C15H21NO3. The van der Waals surface area contributed by atoms with Gasteiger partial charge in [-0.1, -0.05) is 19.1 Å². The number of aliphatic hydroxyl groups excluding tert-OH is 1. The number of benzene rings is 1. The number of nitriles is 1. The summed E-state index contributed by atoms with van der Waals surface area (Å²) in [6, 6.07) is 9.41. The lowest BCUT2D eigenvalue weighted by Gasteiger charge is -2.20. The van der Waals surface area contributed by atoms with Crippen LogP contribution in [0.25, 0.3) is 0 Å². The quantitative estimate of drug-likeness (QED) is 0.821. The zero-order valence-electron chi connectivity index (χ0n) is 11.7. The fourth-order valence-corrected chi connectivity index (χ4v) is 1.50. The van der Waals surface area contributed by atoms with Gasteiger partial charge >= 0.3 is 0 Å². The van der Waals surface area contributed by atoms with E-state index in [4.69, 9.17) is 9.47 Å². The van der Waals surface area contributed by atoms with E-state index < -0.39 is 18.3 Å². The number of hydrogen-bond acceptors (Lipinski definition) is 4. The van der Waals surface area contributed by atoms with Crippen LogP contribution in [-0.2, 0) is 4.74 Å². The van der Waals surface area contributed by atoms with Gasteiger partial charge in [-0.3, -0.25) is 0 Å². The van der Waals surface area contributed by atoms with Gasteiger partial charge < -0.3 is 14.6 Å². The van der Waals surface area contributed by atoms with Crippen LogP contribution in [0, 0.1) is 11.3 Å². The molecule has 0 amide bonds. The van der Waals surface area contributed by atoms with Gasteiger partial charge in [0.05, 0.1) is 24.9 Å². The van der Waals surface area contributed by atoms with Crippen molar-refractivity contribution >= 4 is 0 Å². The first kappa shape index (κ1) is 15.5. The molecular weight excluding hydrogens is 242 g/mol. The highest BCUT2D eigenvalue weighted by Crippen LogP contribution is 2.23. The van der Waals surface area contributed by atoms with E-state index in [1.165, 1.54) is 0 Å². The van der Waals surface area contributed by atoms with E-state index in [-0.39, 0.29) is 0 Å². The van der Waals surface area contributed by atoms with E-state index in [0.717, 1.165) is 17.7 Å². The first-order valence-corrected chi connectivity index (χ1v) is 6.54. The maximum absolute atomic E-state index is 9.42. The summed E-state index contributed by atoms with van der Waals surface area (Å²) in [5.41, 5.74) is 0.739. The number of nitrogens with zero attached hydrogens (tertiary/aromatic N) is 1. The Morgan fingerprint density at radius 1 is 1.37 bits per heavy atom. The second kappa shape index (κ2) is 7.78. The molecule has 1 aromatic rings. The third kappa shape index (κ3) is 4.90. The van der Waals surface area contributed by atoms with Crippen molar-refractivity contribution in [2.45, 2.75) is 45.5 Å². The fraction of sp³-hybridized carbons (Fsp3) is 0.533. The molecule has 0 bridgehead atoms. The molecule has 0 aliphatic rings. The molecule has 1 N–H and O–H groups in total. The van der Waals surface area contributed by atoms with E-state index in [2.05, 4.69) is 6.07 Å². The summed E-state index contributed by atoms with van der Waals surface area (Å²) in [6.07, 6.45) is -0.781. The second-order valence-electron chi connectivity index (χ2n) is 4.51. The third-order valence-electron chi connectivity index (χ3n) is 2.78. The van der Waals surface area contributed by atoms with Crippen molar-refractivity contribution in [2.75, 3.05) is 6.61 Å². The molecule has 3 atom stereocenters. The van der Waals surface area contributed by atoms with Crippen molar-refractivity contribution in [3.05, 3.63) is 29.8 Å². The molecule has 19 heavy (non-hydrogen) atoms. The van der Waals surface area contributed by atoms with Crippen molar-refractivity contribution < 1.29 is 14.6 Å². The molecule has 0 spiro atoms. The van der Waals surface area contributed by atoms with Gasteiger partial charge in [-0.15, -0.1) is 0 Å². The van der Waals surface area contributed by atoms with Gasteiger partial charge in [0.2, 0.25) is 0 Å². The summed E-state index contributed by atoms with van der Waals surface area (Å²) in [7, 11) is 0. The highest BCUT2D eigenvalue weighted by atomic mass is 16.5. The first-order valence-electron chi connectivity index (χ1n) is 6.54. The molecule has 3 unspecified atom stereocenters. The Balaban J connectivity index is 2.78. The normalized spacial score (nSPS) is 15.3. The minimum Gasteiger partial charge on any atom is -0.494 e. The predicted molar refractivity (Wildman–Crippen MR) is 72.8 cm³/mol. The molecule has 1 aromatic carbocycles. The lowest BCUT2D eigenvalue weighted by Crippen LogP contribution is -2.24. The molecule has 4 heteroatoms. The summed E-state index contributed by atoms with van der Waals surface area (Å²) >= 11 is 0. The standard InChI is InChI=1S/C15H21NO3/c1-4-8-18-14-7-5-6-13(9-14)15(10-16)19-12(3)11(2)17/h5-7,9,11-12,15,17H,4,8H2,1-3H3. The van der Waals surface area contributed by atoms with Crippen LogP contribution >= 0.6 is 0 Å². The van der Waals surface area contributed by atoms with Crippen LogP contribution in [0.4, 0.5) is 0 Å². The minimum absolute atomic E-state index is 0.398. The Morgan fingerprint density at radius 2 is 2.11 bits per heavy atom. The predicted octanol–water partition coefficient (Wildman–Crippen LogP) is 2.83. The van der Waals surface area contributed by atoms with E-state index in [1.54, 1.807) is 19.9 Å². The van der Waals surface area contributed by atoms with Gasteiger partial charge in [0.25, 0.3) is 0 Å². The molecule has 1 rings (SSSR count). The maximum Gasteiger partial charge on any atom is 0.169 e. The van der Waals surface area contributed by atoms with Gasteiger partial charge in [0, 0.05) is 0 Å². The molecule has 0 aliphatic heterocycles. The van der Waals surface area contributed by atoms with Gasteiger partial charge in [0.15, 0.2) is 6.10 Å². The van der Waals surface area contributed by atoms with E-state index in [9.17, 15) is 10.4 Å². The Morgan fingerprint density at radius 3 is 2.68 bits per heavy atom. The summed E-state index contributed by atoms with van der Waals surface area (Å²) in [5, 5.41) is 18.6. The van der Waals surface area contributed by atoms with Crippen LogP contribution < -0.4 is 4.74 Å². The molecule has 0 saturated carbocycles. The average molecular weight is 263 g/mol. The van der Waals surface area contributed by atoms with Crippen molar-refractivity contribution in [1.29, 1.82) is 5.26 Å². The molecule has 0 radical (unpaired) electrons. The summed E-state index contributed by atoms with van der Waals surface area (Å²) < 4.78 is 11.1. The maximum atomic E-state index is 9.42. The van der Waals surface area contributed by atoms with Crippen LogP contribution in [0.15, 0.2) is 24.3 Å². The molecule has 0 saturated heterocycles. The number of rotatable bonds is 7. The lowest BCUT2D eigenvalue weighted by molar-refractivity contribution is -0.0426. The van der Waals surface area contributed by atoms with E-state index in [0.29, 0.717) is 6.61 Å². The SMILES string of the molecule is CCCOc1cccc(C(C#N)OC(C)C(C)O)c1. The van der Waals surface area contributed by atoms with Gasteiger partial charge in [-0.25, -0.2) is 0 Å². The second-order valence-corrected chi connectivity index (χ2v) is 4.51. The van der Waals surface area contributed by atoms with Crippen LogP contribution in [0.3, 0.4) is 0 Å². The smallest absolute Gasteiger partial charge is 0.169 e. The first-order chi connectivity index (χ1) is 9.08. The van der Waals surface area contributed by atoms with Crippen molar-refractivity contribution in [3.8, 4) is 11.8 Å². The van der Waals surface area contributed by atoms with Crippen LogP contribution in [0.5, 0.6) is 5.75 Å². The number of hydrogen-bond donors (Lipinski definition) is 1. The molecule has 4 nitrogen and oxygen atoms in total. The highest BCUT2D eigenvalue weighted by molar-refractivity contribution is 5.32. The largest absolute Gasteiger partial charge is 0.494 e. The topological polar surface area (TPSA) is 62.5 Å². The van der Waals surface area contributed by atoms with Crippen molar-refractivity contribution in [2.24, 2.45) is 0 Å². The van der Waals surface area contributed by atoms with Crippen LogP contribution in [0.2, 0.25) is 0 Å². The minimum atomic E-state index is -0.699. The zero-order chi connectivity index (χ0) is 14.3. The Bertz CT molecular complexity index is 426. The Kier molecular flexibility index (Phi) is 6.34. The van der Waals surface area contributed by atoms with Gasteiger partial charge in [0.1, 0.15) is 5.75 Å². The lowest BCUT2D eigenvalue weighted by atomic mass is 10.1. The van der Waals surface area contributed by atoms with Crippen LogP contribution in [-0.4, -0.2) is 23.9 Å². The van der Waals surface area contributed by atoms with Gasteiger partial charge in [-0.05, 0) is 38.0 Å². The Labute approximate surface area is 114 Å². The van der Waals surface area contributed by atoms with Crippen molar-refractivity contribution in [3.63, 3.8) is 0 Å². The third-order valence-corrected chi connectivity index (χ3v) is 2.78. The fourth-order valence-electron chi connectivity index (χ4n) is 1.50. The van der Waals surface area contributed by atoms with E-state index >= 15 is 0 Å². The molecule has 0 aliphatic carbocycles. The zero-order valence-corrected chi connectivity index (χ0v) is 11.7. The van der Waals surface area contributed by atoms with Gasteiger partial charge in [-0.2, -0.15) is 5.26 Å². The summed E-state index contributed by atoms with van der Waals surface area (Å²) in [5.74, 6) is 0.730. The number of ether oxygens (including phenoxy) is 2. The monoisotopic (exact) mass is 263 g/mol. The van der Waals surface area contributed by atoms with E-state index in [1.807, 2.05) is 25.1 Å². The van der Waals surface area contributed by atoms with Crippen LogP contribution in [0.1, 0.15) is 38.9 Å². The molecule has 104 valence electrons. The summed E-state index contributed by atoms with van der Waals surface area (Å²) in [6.45, 7) is 6.06. The Hall–Kier alpha value is -1.57. The average Bonchev–Trinajstić information content (AvgIpc) is 2.42. The van der Waals surface area contributed by atoms with Crippen molar-refractivity contribution in [1.82, 2.24) is 0 Å². The molecule has 0 fully saturated rings. The molecule has 0 heterocycles. The number of aliphatic hydroxyl groups is 1. The summed E-state index contributed by atoms with van der Waals surface area (Å²) in [4.78, 5) is 0. The molecule has 0 aromatic heterocycles.